The molecular weight excluding hydrogens is 200 g/mol. The summed E-state index contributed by atoms with van der Waals surface area (Å²) in [5, 5.41) is 1.19. The molecule has 66 valence electrons. The van der Waals surface area contributed by atoms with Crippen LogP contribution in [0.25, 0.3) is 0 Å². The van der Waals surface area contributed by atoms with Gasteiger partial charge in [0.1, 0.15) is 0 Å². The molecule has 1 aliphatic carbocycles. The van der Waals surface area contributed by atoms with E-state index in [9.17, 15) is 0 Å². The van der Waals surface area contributed by atoms with Gasteiger partial charge in [-0.1, -0.05) is 60.9 Å². The first-order valence-electron chi connectivity index (χ1n) is 4.99. The van der Waals surface area contributed by atoms with Gasteiger partial charge in [0.25, 0.3) is 0 Å². The van der Waals surface area contributed by atoms with E-state index in [0.717, 1.165) is 5.92 Å². The fourth-order valence-corrected chi connectivity index (χ4v) is 1.86. The largest absolute Gasteiger partial charge is 0.0928 e. The van der Waals surface area contributed by atoms with Crippen LogP contribution in [0.1, 0.15) is 51.4 Å². The van der Waals surface area contributed by atoms with Gasteiger partial charge >= 0.3 is 0 Å². The van der Waals surface area contributed by atoms with E-state index in [1.54, 1.807) is 0 Å². The zero-order valence-corrected chi connectivity index (χ0v) is 8.91. The van der Waals surface area contributed by atoms with Gasteiger partial charge in [-0.15, -0.1) is 0 Å². The second kappa shape index (κ2) is 6.05. The van der Waals surface area contributed by atoms with Crippen molar-refractivity contribution in [2.24, 2.45) is 5.92 Å². The third kappa shape index (κ3) is 5.72. The Labute approximate surface area is 78.9 Å². The Morgan fingerprint density at radius 3 is 2.18 bits per heavy atom. The molecule has 11 heavy (non-hydrogen) atoms. The maximum Gasteiger partial charge on any atom is 0.00313 e. The van der Waals surface area contributed by atoms with E-state index in [1.807, 2.05) is 0 Å². The Morgan fingerprint density at radius 2 is 1.55 bits per heavy atom. The average Bonchev–Trinajstić information content (AvgIpc) is 2.80. The predicted molar refractivity (Wildman–Crippen MR) is 54.2 cm³/mol. The van der Waals surface area contributed by atoms with Gasteiger partial charge in [-0.2, -0.15) is 0 Å². The molecule has 1 aliphatic rings. The molecule has 0 aliphatic heterocycles. The van der Waals surface area contributed by atoms with E-state index in [4.69, 9.17) is 0 Å². The molecule has 0 saturated heterocycles. The Hall–Kier alpha value is 0.480. The van der Waals surface area contributed by atoms with Crippen LogP contribution in [-0.4, -0.2) is 5.33 Å². The van der Waals surface area contributed by atoms with E-state index >= 15 is 0 Å². The molecule has 0 aromatic heterocycles. The Bertz CT molecular complexity index is 86.9. The van der Waals surface area contributed by atoms with E-state index in [2.05, 4.69) is 15.9 Å². The molecule has 0 bridgehead atoms. The summed E-state index contributed by atoms with van der Waals surface area (Å²) < 4.78 is 0. The van der Waals surface area contributed by atoms with E-state index in [0.29, 0.717) is 0 Å². The van der Waals surface area contributed by atoms with Gasteiger partial charge in [0.15, 0.2) is 0 Å². The molecule has 1 saturated carbocycles. The average molecular weight is 219 g/mol. The van der Waals surface area contributed by atoms with Crippen LogP contribution >= 0.6 is 15.9 Å². The molecular formula is C10H19Br. The highest BCUT2D eigenvalue weighted by molar-refractivity contribution is 9.09. The SMILES string of the molecule is BrCCCCCCCC1CC1. The molecule has 0 unspecified atom stereocenters. The van der Waals surface area contributed by atoms with Crippen LogP contribution in [0.15, 0.2) is 0 Å². The maximum absolute atomic E-state index is 3.45. The van der Waals surface area contributed by atoms with Crippen LogP contribution in [0.5, 0.6) is 0 Å². The zero-order chi connectivity index (χ0) is 7.94. The fourth-order valence-electron chi connectivity index (χ4n) is 1.46. The summed E-state index contributed by atoms with van der Waals surface area (Å²) in [7, 11) is 0. The van der Waals surface area contributed by atoms with Crippen molar-refractivity contribution in [3.63, 3.8) is 0 Å². The van der Waals surface area contributed by atoms with Crippen LogP contribution in [-0.2, 0) is 0 Å². The minimum atomic E-state index is 1.14. The van der Waals surface area contributed by atoms with Crippen molar-refractivity contribution < 1.29 is 0 Å². The number of hydrogen-bond acceptors (Lipinski definition) is 0. The molecule has 0 radical (unpaired) electrons. The summed E-state index contributed by atoms with van der Waals surface area (Å²) >= 11 is 3.45. The van der Waals surface area contributed by atoms with Crippen molar-refractivity contribution in [2.75, 3.05) is 5.33 Å². The van der Waals surface area contributed by atoms with Gasteiger partial charge in [-0.25, -0.2) is 0 Å². The molecule has 0 aromatic carbocycles. The Balaban J connectivity index is 1.66. The lowest BCUT2D eigenvalue weighted by Crippen LogP contribution is -1.81. The molecule has 1 rings (SSSR count). The lowest BCUT2D eigenvalue weighted by molar-refractivity contribution is 0.582. The summed E-state index contributed by atoms with van der Waals surface area (Å²) in [6, 6.07) is 0. The Morgan fingerprint density at radius 1 is 0.909 bits per heavy atom. The van der Waals surface area contributed by atoms with Crippen LogP contribution in [0.4, 0.5) is 0 Å². The zero-order valence-electron chi connectivity index (χ0n) is 7.32. The second-order valence-corrected chi connectivity index (χ2v) is 4.48. The standard InChI is InChI=1S/C10H19Br/c11-9-5-3-1-2-4-6-10-7-8-10/h10H,1-9H2. The number of hydrogen-bond donors (Lipinski definition) is 0. The van der Waals surface area contributed by atoms with Gasteiger partial charge in [0.05, 0.1) is 0 Å². The maximum atomic E-state index is 3.45. The van der Waals surface area contributed by atoms with Gasteiger partial charge in [-0.05, 0) is 12.3 Å². The van der Waals surface area contributed by atoms with E-state index in [1.165, 1.54) is 56.7 Å². The first kappa shape index (κ1) is 9.57. The number of alkyl halides is 1. The number of rotatable bonds is 7. The molecule has 0 heterocycles. The lowest BCUT2D eigenvalue weighted by atomic mass is 10.1. The quantitative estimate of drug-likeness (QED) is 0.446. The van der Waals surface area contributed by atoms with Crippen molar-refractivity contribution in [3.05, 3.63) is 0 Å². The van der Waals surface area contributed by atoms with E-state index < -0.39 is 0 Å². The van der Waals surface area contributed by atoms with Crippen molar-refractivity contribution >= 4 is 15.9 Å². The molecule has 0 nitrogen and oxygen atoms in total. The van der Waals surface area contributed by atoms with E-state index in [-0.39, 0.29) is 0 Å². The van der Waals surface area contributed by atoms with Crippen LogP contribution in [0, 0.1) is 5.92 Å². The highest BCUT2D eigenvalue weighted by Gasteiger charge is 2.19. The van der Waals surface area contributed by atoms with Crippen molar-refractivity contribution in [3.8, 4) is 0 Å². The first-order chi connectivity index (χ1) is 5.43. The topological polar surface area (TPSA) is 0 Å². The molecule has 0 aromatic rings. The molecule has 0 N–H and O–H groups in total. The fraction of sp³-hybridized carbons (Fsp3) is 1.00. The van der Waals surface area contributed by atoms with Crippen LogP contribution in [0.2, 0.25) is 0 Å². The molecule has 0 spiro atoms. The molecule has 0 atom stereocenters. The highest BCUT2D eigenvalue weighted by atomic mass is 79.9. The van der Waals surface area contributed by atoms with Crippen molar-refractivity contribution in [1.82, 2.24) is 0 Å². The summed E-state index contributed by atoms with van der Waals surface area (Å²) in [5.41, 5.74) is 0. The number of halogens is 1. The predicted octanol–water partition coefficient (Wildman–Crippen LogP) is 4.13. The third-order valence-electron chi connectivity index (χ3n) is 2.44. The second-order valence-electron chi connectivity index (χ2n) is 3.69. The summed E-state index contributed by atoms with van der Waals surface area (Å²) in [5.74, 6) is 1.14. The molecule has 1 fully saturated rings. The van der Waals surface area contributed by atoms with Gasteiger partial charge < -0.3 is 0 Å². The highest BCUT2D eigenvalue weighted by Crippen LogP contribution is 2.34. The van der Waals surface area contributed by atoms with Gasteiger partial charge in [0, 0.05) is 5.33 Å². The smallest absolute Gasteiger partial charge is 0.00313 e. The Kier molecular flexibility index (Phi) is 5.26. The van der Waals surface area contributed by atoms with Crippen molar-refractivity contribution in [1.29, 1.82) is 0 Å². The lowest BCUT2D eigenvalue weighted by Gasteiger charge is -1.98. The van der Waals surface area contributed by atoms with Crippen molar-refractivity contribution in [2.45, 2.75) is 51.4 Å². The monoisotopic (exact) mass is 218 g/mol. The third-order valence-corrected chi connectivity index (χ3v) is 3.00. The number of unbranched alkanes of at least 4 members (excludes halogenated alkanes) is 4. The summed E-state index contributed by atoms with van der Waals surface area (Å²) in [4.78, 5) is 0. The minimum absolute atomic E-state index is 1.14. The van der Waals surface area contributed by atoms with Gasteiger partial charge in [-0.3, -0.25) is 0 Å². The minimum Gasteiger partial charge on any atom is -0.0928 e. The molecule has 1 heteroatoms. The van der Waals surface area contributed by atoms with Crippen LogP contribution in [0.3, 0.4) is 0 Å². The van der Waals surface area contributed by atoms with Crippen LogP contribution < -0.4 is 0 Å². The summed E-state index contributed by atoms with van der Waals surface area (Å²) in [6.45, 7) is 0. The van der Waals surface area contributed by atoms with Gasteiger partial charge in [0.2, 0.25) is 0 Å². The molecule has 0 amide bonds. The summed E-state index contributed by atoms with van der Waals surface area (Å²) in [6.07, 6.45) is 11.8. The normalized spacial score (nSPS) is 17.2. The first-order valence-corrected chi connectivity index (χ1v) is 6.11.